The third-order valence-electron chi connectivity index (χ3n) is 1.73. The lowest BCUT2D eigenvalue weighted by Crippen LogP contribution is -2.08. The summed E-state index contributed by atoms with van der Waals surface area (Å²) in [6, 6.07) is 4.98. The lowest BCUT2D eigenvalue weighted by molar-refractivity contribution is 0.0697. The molecule has 5 nitrogen and oxygen atoms in total. The first-order chi connectivity index (χ1) is 6.97. The first-order valence-corrected chi connectivity index (χ1v) is 5.67. The molecule has 0 aliphatic carbocycles. The Balaban J connectivity index is 3.04. The Hall–Kier alpha value is -1.40. The normalized spacial score (nSPS) is 11.3. The Morgan fingerprint density at radius 3 is 2.27 bits per heavy atom. The molecule has 1 rings (SSSR count). The molecule has 82 valence electrons. The summed E-state index contributed by atoms with van der Waals surface area (Å²) in [6.07, 6.45) is 0. The van der Waals surface area contributed by atoms with E-state index in [2.05, 4.69) is 4.74 Å². The molecule has 1 aromatic carbocycles. The van der Waals surface area contributed by atoms with Crippen molar-refractivity contribution in [1.29, 1.82) is 0 Å². The highest BCUT2D eigenvalue weighted by molar-refractivity contribution is 7.91. The lowest BCUT2D eigenvalue weighted by Gasteiger charge is -2.02. The number of sulfone groups is 1. The van der Waals surface area contributed by atoms with Crippen LogP contribution in [-0.4, -0.2) is 32.5 Å². The summed E-state index contributed by atoms with van der Waals surface area (Å²) < 4.78 is 27.4. The third kappa shape index (κ3) is 2.77. The summed E-state index contributed by atoms with van der Waals surface area (Å²) in [5, 5.41) is 8.61. The molecule has 1 N–H and O–H groups in total. The van der Waals surface area contributed by atoms with Crippen molar-refractivity contribution >= 4 is 15.8 Å². The van der Waals surface area contributed by atoms with Gasteiger partial charge in [0.2, 0.25) is 9.84 Å². The minimum atomic E-state index is -3.47. The largest absolute Gasteiger partial charge is 0.478 e. The molecule has 0 bridgehead atoms. The van der Waals surface area contributed by atoms with E-state index in [-0.39, 0.29) is 10.5 Å². The van der Waals surface area contributed by atoms with Gasteiger partial charge < -0.3 is 9.84 Å². The number of hydrogen-bond acceptors (Lipinski definition) is 4. The molecule has 0 spiro atoms. The fraction of sp³-hybridized carbons (Fsp3) is 0.222. The number of rotatable bonds is 4. The summed E-state index contributed by atoms with van der Waals surface area (Å²) in [6.45, 7) is 0. The Morgan fingerprint density at radius 1 is 1.33 bits per heavy atom. The smallest absolute Gasteiger partial charge is 0.335 e. The number of benzene rings is 1. The maximum Gasteiger partial charge on any atom is 0.335 e. The van der Waals surface area contributed by atoms with Gasteiger partial charge in [-0.1, -0.05) is 0 Å². The summed E-state index contributed by atoms with van der Waals surface area (Å²) in [4.78, 5) is 10.6. The van der Waals surface area contributed by atoms with Crippen LogP contribution in [0.15, 0.2) is 29.2 Å². The molecule has 0 fully saturated rings. The molecule has 0 heterocycles. The summed E-state index contributed by atoms with van der Waals surface area (Å²) in [5.41, 5.74) is 0.0476. The van der Waals surface area contributed by atoms with E-state index in [0.717, 1.165) is 0 Å². The lowest BCUT2D eigenvalue weighted by atomic mass is 10.2. The van der Waals surface area contributed by atoms with Crippen LogP contribution in [-0.2, 0) is 14.6 Å². The fourth-order valence-electron chi connectivity index (χ4n) is 1.03. The van der Waals surface area contributed by atoms with Gasteiger partial charge >= 0.3 is 5.97 Å². The van der Waals surface area contributed by atoms with E-state index in [9.17, 15) is 13.2 Å². The van der Waals surface area contributed by atoms with Crippen LogP contribution in [0.2, 0.25) is 0 Å². The molecule has 0 aliphatic heterocycles. The van der Waals surface area contributed by atoms with Crippen LogP contribution in [0.3, 0.4) is 0 Å². The molecule has 0 saturated carbocycles. The molecule has 0 amide bonds. The van der Waals surface area contributed by atoms with Gasteiger partial charge in [0.25, 0.3) is 0 Å². The fourth-order valence-corrected chi connectivity index (χ4v) is 2.03. The standard InChI is InChI=1S/C9H10O5S/c1-14-6-15(12,13)8-4-2-7(3-5-8)9(10)11/h2-5H,6H2,1H3,(H,10,11). The Labute approximate surface area is 87.2 Å². The Bertz CT molecular complexity index is 446. The molecule has 0 unspecified atom stereocenters. The maximum atomic E-state index is 11.4. The number of carboxylic acid groups (broad SMARTS) is 1. The van der Waals surface area contributed by atoms with Gasteiger partial charge in [-0.3, -0.25) is 0 Å². The highest BCUT2D eigenvalue weighted by Crippen LogP contribution is 2.12. The monoisotopic (exact) mass is 230 g/mol. The van der Waals surface area contributed by atoms with Crippen molar-refractivity contribution in [2.24, 2.45) is 0 Å². The molecule has 6 heteroatoms. The number of hydrogen-bond donors (Lipinski definition) is 1. The molecule has 0 radical (unpaired) electrons. The van der Waals surface area contributed by atoms with Crippen molar-refractivity contribution in [2.45, 2.75) is 4.90 Å². The molecular weight excluding hydrogens is 220 g/mol. The van der Waals surface area contributed by atoms with Crippen LogP contribution in [0.25, 0.3) is 0 Å². The number of methoxy groups -OCH3 is 1. The molecule has 0 saturated heterocycles. The van der Waals surface area contributed by atoms with Gasteiger partial charge in [0.05, 0.1) is 10.5 Å². The Kier molecular flexibility index (Phi) is 3.43. The van der Waals surface area contributed by atoms with Crippen LogP contribution in [0.5, 0.6) is 0 Å². The van der Waals surface area contributed by atoms with Gasteiger partial charge in [0.15, 0.2) is 5.94 Å². The summed E-state index contributed by atoms with van der Waals surface area (Å²) in [7, 11) is -2.19. The molecule has 0 aliphatic rings. The van der Waals surface area contributed by atoms with E-state index in [1.807, 2.05) is 0 Å². The van der Waals surface area contributed by atoms with E-state index in [1.54, 1.807) is 0 Å². The van der Waals surface area contributed by atoms with Crippen molar-refractivity contribution in [3.05, 3.63) is 29.8 Å². The van der Waals surface area contributed by atoms with Crippen molar-refractivity contribution in [3.63, 3.8) is 0 Å². The predicted octanol–water partition coefficient (Wildman–Crippen LogP) is 0.762. The van der Waals surface area contributed by atoms with Crippen LogP contribution < -0.4 is 0 Å². The average molecular weight is 230 g/mol. The minimum Gasteiger partial charge on any atom is -0.478 e. The second-order valence-electron chi connectivity index (χ2n) is 2.85. The summed E-state index contributed by atoms with van der Waals surface area (Å²) in [5.74, 6) is -1.51. The molecule has 0 aromatic heterocycles. The second kappa shape index (κ2) is 4.41. The van der Waals surface area contributed by atoms with Gasteiger partial charge in [-0.15, -0.1) is 0 Å². The zero-order valence-electron chi connectivity index (χ0n) is 8.00. The number of carboxylic acids is 1. The molecule has 1 aromatic rings. The van der Waals surface area contributed by atoms with Gasteiger partial charge in [-0.25, -0.2) is 13.2 Å². The second-order valence-corrected chi connectivity index (χ2v) is 4.79. The van der Waals surface area contributed by atoms with Crippen LogP contribution in [0, 0.1) is 0 Å². The zero-order valence-corrected chi connectivity index (χ0v) is 8.82. The SMILES string of the molecule is COCS(=O)(=O)c1ccc(C(=O)O)cc1. The van der Waals surface area contributed by atoms with E-state index in [1.165, 1.54) is 31.4 Å². The van der Waals surface area contributed by atoms with Crippen molar-refractivity contribution < 1.29 is 23.1 Å². The van der Waals surface area contributed by atoms with E-state index < -0.39 is 21.7 Å². The van der Waals surface area contributed by atoms with Crippen LogP contribution in [0.1, 0.15) is 10.4 Å². The van der Waals surface area contributed by atoms with Gasteiger partial charge in [0.1, 0.15) is 0 Å². The average Bonchev–Trinajstić information content (AvgIpc) is 2.18. The van der Waals surface area contributed by atoms with Crippen molar-refractivity contribution in [2.75, 3.05) is 13.0 Å². The summed E-state index contributed by atoms with van der Waals surface area (Å²) >= 11 is 0. The maximum absolute atomic E-state index is 11.4. The van der Waals surface area contributed by atoms with Crippen molar-refractivity contribution in [3.8, 4) is 0 Å². The molecule has 15 heavy (non-hydrogen) atoms. The van der Waals surface area contributed by atoms with Gasteiger partial charge in [-0.05, 0) is 24.3 Å². The van der Waals surface area contributed by atoms with E-state index >= 15 is 0 Å². The molecular formula is C9H10O5S. The van der Waals surface area contributed by atoms with Gasteiger partial charge in [0, 0.05) is 7.11 Å². The highest BCUT2D eigenvalue weighted by Gasteiger charge is 2.14. The van der Waals surface area contributed by atoms with E-state index in [4.69, 9.17) is 5.11 Å². The predicted molar refractivity (Wildman–Crippen MR) is 52.5 cm³/mol. The minimum absolute atomic E-state index is 0.0476. The van der Waals surface area contributed by atoms with Crippen LogP contribution in [0.4, 0.5) is 0 Å². The van der Waals surface area contributed by atoms with Crippen molar-refractivity contribution in [1.82, 2.24) is 0 Å². The topological polar surface area (TPSA) is 80.7 Å². The molecule has 0 atom stereocenters. The first-order valence-electron chi connectivity index (χ1n) is 4.02. The van der Waals surface area contributed by atoms with Gasteiger partial charge in [-0.2, -0.15) is 0 Å². The number of aromatic carboxylic acids is 1. The first kappa shape index (κ1) is 11.7. The zero-order chi connectivity index (χ0) is 11.5. The number of ether oxygens (including phenoxy) is 1. The third-order valence-corrected chi connectivity index (χ3v) is 3.27. The quantitative estimate of drug-likeness (QED) is 0.826. The number of carbonyl (C=O) groups is 1. The van der Waals surface area contributed by atoms with E-state index in [0.29, 0.717) is 0 Å². The Morgan fingerprint density at radius 2 is 1.87 bits per heavy atom. The highest BCUT2D eigenvalue weighted by atomic mass is 32.2. The van der Waals surface area contributed by atoms with Crippen LogP contribution >= 0.6 is 0 Å².